The minimum absolute atomic E-state index is 0.111. The summed E-state index contributed by atoms with van der Waals surface area (Å²) in [6.07, 6.45) is 7.64. The Hall–Kier alpha value is -2.56. The van der Waals surface area contributed by atoms with Gasteiger partial charge in [0.25, 0.3) is 0 Å². The summed E-state index contributed by atoms with van der Waals surface area (Å²) in [5.41, 5.74) is 2.22. The smallest absolute Gasteiger partial charge is 0.188 e. The van der Waals surface area contributed by atoms with Gasteiger partial charge in [-0.2, -0.15) is 5.10 Å². The fourth-order valence-electron chi connectivity index (χ4n) is 3.58. The molecule has 4 aromatic rings. The molecule has 0 saturated carbocycles. The number of nitrogens with zero attached hydrogens (tertiary/aromatic N) is 6. The molecule has 0 unspecified atom stereocenters. The summed E-state index contributed by atoms with van der Waals surface area (Å²) in [7, 11) is 3.97. The lowest BCUT2D eigenvalue weighted by molar-refractivity contribution is 0.443. The van der Waals surface area contributed by atoms with Gasteiger partial charge in [-0.1, -0.05) is 22.7 Å². The van der Waals surface area contributed by atoms with E-state index in [2.05, 4.69) is 27.3 Å². The van der Waals surface area contributed by atoms with E-state index < -0.39 is 0 Å². The second kappa shape index (κ2) is 7.36. The second-order valence-corrected chi connectivity index (χ2v) is 9.15. The van der Waals surface area contributed by atoms with E-state index in [-0.39, 0.29) is 5.75 Å². The molecular formula is C19H21N7OS2. The highest BCUT2D eigenvalue weighted by Gasteiger charge is 2.22. The number of piperidine rings is 1. The average Bonchev–Trinajstić information content (AvgIpc) is 3.42. The molecule has 8 nitrogen and oxygen atoms in total. The fourth-order valence-corrected chi connectivity index (χ4v) is 5.66. The number of aromatic hydroxyl groups is 1. The number of pyridine rings is 1. The predicted octanol–water partition coefficient (Wildman–Crippen LogP) is 3.11. The van der Waals surface area contributed by atoms with Gasteiger partial charge >= 0.3 is 0 Å². The first-order valence-corrected chi connectivity index (χ1v) is 11.1. The van der Waals surface area contributed by atoms with E-state index in [1.165, 1.54) is 11.3 Å². The van der Waals surface area contributed by atoms with Crippen LogP contribution in [0.4, 0.5) is 5.13 Å². The number of aromatic nitrogens is 5. The van der Waals surface area contributed by atoms with E-state index in [1.54, 1.807) is 34.5 Å². The molecule has 29 heavy (non-hydrogen) atoms. The summed E-state index contributed by atoms with van der Waals surface area (Å²) in [6, 6.07) is 2.22. The van der Waals surface area contributed by atoms with Gasteiger partial charge in [0.2, 0.25) is 0 Å². The summed E-state index contributed by atoms with van der Waals surface area (Å²) in [5, 5.41) is 19.8. The summed E-state index contributed by atoms with van der Waals surface area (Å²) in [6.45, 7) is 2.11. The van der Waals surface area contributed by atoms with Gasteiger partial charge in [-0.05, 0) is 32.0 Å². The molecule has 0 aliphatic carbocycles. The highest BCUT2D eigenvalue weighted by atomic mass is 32.1. The van der Waals surface area contributed by atoms with Crippen LogP contribution < -0.4 is 10.2 Å². The van der Waals surface area contributed by atoms with Crippen molar-refractivity contribution in [3.63, 3.8) is 0 Å². The van der Waals surface area contributed by atoms with Crippen molar-refractivity contribution >= 4 is 37.5 Å². The van der Waals surface area contributed by atoms with E-state index >= 15 is 0 Å². The SMILES string of the molecule is CN(c1nc2sc(-c3ncc(-c4cnn(C)c4)cc3O)nc2s1)C1CCNCC1. The van der Waals surface area contributed by atoms with Gasteiger partial charge in [0.05, 0.1) is 6.20 Å². The molecule has 0 bridgehead atoms. The molecule has 0 amide bonds. The molecule has 150 valence electrons. The van der Waals surface area contributed by atoms with E-state index in [9.17, 15) is 5.11 Å². The van der Waals surface area contributed by atoms with Gasteiger partial charge in [-0.15, -0.1) is 0 Å². The third-order valence-corrected chi connectivity index (χ3v) is 7.36. The first-order chi connectivity index (χ1) is 14.1. The maximum absolute atomic E-state index is 10.5. The van der Waals surface area contributed by atoms with Crippen molar-refractivity contribution < 1.29 is 5.11 Å². The normalized spacial score (nSPS) is 15.2. The molecule has 1 aliphatic heterocycles. The highest BCUT2D eigenvalue weighted by Crippen LogP contribution is 2.39. The van der Waals surface area contributed by atoms with Gasteiger partial charge in [0.15, 0.2) is 14.8 Å². The molecule has 10 heteroatoms. The number of thiazole rings is 2. The fraction of sp³-hybridized carbons (Fsp3) is 0.368. The maximum Gasteiger partial charge on any atom is 0.188 e. The van der Waals surface area contributed by atoms with E-state index in [1.807, 2.05) is 13.2 Å². The van der Waals surface area contributed by atoms with Gasteiger partial charge in [-0.25, -0.2) is 15.0 Å². The molecule has 0 spiro atoms. The lowest BCUT2D eigenvalue weighted by Gasteiger charge is -2.31. The zero-order valence-electron chi connectivity index (χ0n) is 16.2. The Morgan fingerprint density at radius 2 is 1.93 bits per heavy atom. The van der Waals surface area contributed by atoms with Crippen LogP contribution in [-0.2, 0) is 7.05 Å². The second-order valence-electron chi connectivity index (χ2n) is 7.21. The van der Waals surface area contributed by atoms with Crippen LogP contribution in [0.1, 0.15) is 12.8 Å². The van der Waals surface area contributed by atoms with Crippen molar-refractivity contribution in [2.75, 3.05) is 25.0 Å². The first kappa shape index (κ1) is 18.5. The number of fused-ring (bicyclic) bond motifs is 1. The van der Waals surface area contributed by atoms with Crippen LogP contribution in [0.15, 0.2) is 24.7 Å². The minimum Gasteiger partial charge on any atom is -0.506 e. The van der Waals surface area contributed by atoms with Crippen molar-refractivity contribution in [3.05, 3.63) is 24.7 Å². The van der Waals surface area contributed by atoms with Crippen LogP contribution in [0.2, 0.25) is 0 Å². The Bertz CT molecular complexity index is 1130. The molecule has 1 fully saturated rings. The zero-order valence-corrected chi connectivity index (χ0v) is 17.8. The lowest BCUT2D eigenvalue weighted by atomic mass is 10.1. The van der Waals surface area contributed by atoms with Gasteiger partial charge in [0.1, 0.15) is 16.5 Å². The maximum atomic E-state index is 10.5. The van der Waals surface area contributed by atoms with Crippen LogP contribution in [-0.4, -0.2) is 56.0 Å². The van der Waals surface area contributed by atoms with Crippen molar-refractivity contribution in [2.24, 2.45) is 7.05 Å². The molecule has 5 rings (SSSR count). The van der Waals surface area contributed by atoms with Crippen LogP contribution in [0.3, 0.4) is 0 Å². The summed E-state index contributed by atoms with van der Waals surface area (Å²) in [5.74, 6) is 0.111. The number of nitrogens with one attached hydrogen (secondary N) is 1. The predicted molar refractivity (Wildman–Crippen MR) is 117 cm³/mol. The number of aryl methyl sites for hydroxylation is 1. The lowest BCUT2D eigenvalue weighted by Crippen LogP contribution is -2.41. The Morgan fingerprint density at radius 3 is 2.62 bits per heavy atom. The molecule has 1 saturated heterocycles. The minimum atomic E-state index is 0.111. The quantitative estimate of drug-likeness (QED) is 0.517. The van der Waals surface area contributed by atoms with E-state index in [0.717, 1.165) is 51.9 Å². The van der Waals surface area contributed by atoms with Crippen LogP contribution in [0.25, 0.3) is 31.5 Å². The monoisotopic (exact) mass is 427 g/mol. The number of anilines is 1. The van der Waals surface area contributed by atoms with E-state index in [0.29, 0.717) is 16.7 Å². The van der Waals surface area contributed by atoms with Crippen molar-refractivity contribution in [3.8, 4) is 27.6 Å². The summed E-state index contributed by atoms with van der Waals surface area (Å²) < 4.78 is 1.72. The zero-order chi connectivity index (χ0) is 20.0. The largest absolute Gasteiger partial charge is 0.506 e. The van der Waals surface area contributed by atoms with Crippen molar-refractivity contribution in [2.45, 2.75) is 18.9 Å². The van der Waals surface area contributed by atoms with Crippen LogP contribution in [0, 0.1) is 0 Å². The van der Waals surface area contributed by atoms with E-state index in [4.69, 9.17) is 9.97 Å². The molecule has 1 aliphatic rings. The number of hydrogen-bond donors (Lipinski definition) is 2. The number of hydrogen-bond acceptors (Lipinski definition) is 9. The molecule has 4 aromatic heterocycles. The van der Waals surface area contributed by atoms with Crippen LogP contribution >= 0.6 is 22.7 Å². The third kappa shape index (κ3) is 3.47. The number of rotatable bonds is 4. The molecule has 0 atom stereocenters. The Labute approximate surface area is 175 Å². The highest BCUT2D eigenvalue weighted by molar-refractivity contribution is 7.29. The van der Waals surface area contributed by atoms with Crippen LogP contribution in [0.5, 0.6) is 5.75 Å². The van der Waals surface area contributed by atoms with Gasteiger partial charge < -0.3 is 15.3 Å². The standard InChI is InChI=1S/C19H21N7OS2/c1-25-10-12(9-22-25)11-7-14(27)15(21-8-11)16-23-17-18(28-16)24-19(29-17)26(2)13-3-5-20-6-4-13/h7-10,13,20,27H,3-6H2,1-2H3. The summed E-state index contributed by atoms with van der Waals surface area (Å²) >= 11 is 3.06. The molecule has 0 radical (unpaired) electrons. The van der Waals surface area contributed by atoms with Gasteiger partial charge in [-0.3, -0.25) is 4.68 Å². The Kier molecular flexibility index (Phi) is 4.69. The third-order valence-electron chi connectivity index (χ3n) is 5.23. The first-order valence-electron chi connectivity index (χ1n) is 9.48. The Morgan fingerprint density at radius 1 is 1.14 bits per heavy atom. The topological polar surface area (TPSA) is 92.0 Å². The Balaban J connectivity index is 1.41. The molecule has 5 heterocycles. The van der Waals surface area contributed by atoms with Crippen molar-refractivity contribution in [1.82, 2.24) is 30.0 Å². The summed E-state index contributed by atoms with van der Waals surface area (Å²) in [4.78, 5) is 18.0. The van der Waals surface area contributed by atoms with Gasteiger partial charge in [0, 0.05) is 43.7 Å². The van der Waals surface area contributed by atoms with Crippen molar-refractivity contribution in [1.29, 1.82) is 0 Å². The molecular weight excluding hydrogens is 406 g/mol. The average molecular weight is 428 g/mol. The molecule has 2 N–H and O–H groups in total. The molecule has 0 aromatic carbocycles.